The molecule has 0 aliphatic rings. The summed E-state index contributed by atoms with van der Waals surface area (Å²) in [5.41, 5.74) is 2.65. The number of nitrogens with zero attached hydrogens (tertiary/aromatic N) is 5. The van der Waals surface area contributed by atoms with Gasteiger partial charge in [0.15, 0.2) is 0 Å². The Morgan fingerprint density at radius 2 is 1.92 bits per heavy atom. The van der Waals surface area contributed by atoms with Crippen molar-refractivity contribution < 1.29 is 13.9 Å². The Labute approximate surface area is 207 Å². The predicted octanol–water partition coefficient (Wildman–Crippen LogP) is 5.74. The van der Waals surface area contributed by atoms with Gasteiger partial charge in [-0.15, -0.1) is 0 Å². The topological polar surface area (TPSA) is 118 Å². The van der Waals surface area contributed by atoms with E-state index in [0.717, 1.165) is 11.1 Å². The summed E-state index contributed by atoms with van der Waals surface area (Å²) in [4.78, 5) is 20.9. The minimum Gasteiger partial charge on any atom is -0.457 e. The van der Waals surface area contributed by atoms with Crippen molar-refractivity contribution in [2.24, 2.45) is 0 Å². The zero-order valence-corrected chi connectivity index (χ0v) is 20.0. The minimum atomic E-state index is -0.656. The smallest absolute Gasteiger partial charge is 0.323 e. The number of pyridine rings is 2. The highest BCUT2D eigenvalue weighted by Gasteiger charge is 2.15. The quantitative estimate of drug-likeness (QED) is 0.360. The van der Waals surface area contributed by atoms with Crippen LogP contribution < -0.4 is 15.4 Å². The van der Waals surface area contributed by atoms with Gasteiger partial charge in [0, 0.05) is 36.3 Å². The molecule has 0 atom stereocenters. The van der Waals surface area contributed by atoms with Gasteiger partial charge in [0.2, 0.25) is 0 Å². The van der Waals surface area contributed by atoms with Crippen molar-refractivity contribution in [3.63, 3.8) is 0 Å². The molecule has 2 N–H and O–H groups in total. The number of ether oxygens (including phenoxy) is 1. The zero-order valence-electron chi connectivity index (χ0n) is 20.0. The van der Waals surface area contributed by atoms with Gasteiger partial charge in [0.05, 0.1) is 35.5 Å². The summed E-state index contributed by atoms with van der Waals surface area (Å²) in [6, 6.07) is 10.7. The Morgan fingerprint density at radius 3 is 2.67 bits per heavy atom. The van der Waals surface area contributed by atoms with Gasteiger partial charge < -0.3 is 15.4 Å². The van der Waals surface area contributed by atoms with E-state index in [-0.39, 0.29) is 23.4 Å². The van der Waals surface area contributed by atoms with Crippen molar-refractivity contribution >= 4 is 17.4 Å². The lowest BCUT2D eigenvalue weighted by Crippen LogP contribution is -2.21. The first-order valence-corrected chi connectivity index (χ1v) is 11.1. The molecule has 4 rings (SSSR count). The molecule has 0 fully saturated rings. The maximum Gasteiger partial charge on any atom is 0.323 e. The van der Waals surface area contributed by atoms with Gasteiger partial charge in [-0.3, -0.25) is 14.6 Å². The van der Waals surface area contributed by atoms with E-state index in [1.165, 1.54) is 23.0 Å². The Bertz CT molecular complexity index is 1440. The number of benzene rings is 1. The van der Waals surface area contributed by atoms with Crippen LogP contribution in [0.3, 0.4) is 0 Å². The van der Waals surface area contributed by atoms with Crippen LogP contribution in [0.25, 0.3) is 11.3 Å². The number of rotatable bonds is 6. The molecule has 0 radical (unpaired) electrons. The number of nitrogens with one attached hydrogen (secondary N) is 2. The molecular weight excluding hydrogens is 461 g/mol. The molecule has 9 nitrogen and oxygen atoms in total. The molecule has 2 amide bonds. The van der Waals surface area contributed by atoms with E-state index in [2.05, 4.69) is 25.7 Å². The first kappa shape index (κ1) is 24.3. The lowest BCUT2D eigenvalue weighted by atomic mass is 9.88. The van der Waals surface area contributed by atoms with Crippen LogP contribution >= 0.6 is 0 Å². The molecule has 0 unspecified atom stereocenters. The molecule has 0 saturated heterocycles. The molecule has 0 saturated carbocycles. The van der Waals surface area contributed by atoms with Crippen LogP contribution in [0.15, 0.2) is 67.4 Å². The Balaban J connectivity index is 1.42. The lowest BCUT2D eigenvalue weighted by molar-refractivity contribution is 0.262. The van der Waals surface area contributed by atoms with Crippen LogP contribution in [-0.4, -0.2) is 25.8 Å². The number of anilines is 2. The third-order valence-corrected chi connectivity index (χ3v) is 5.18. The first-order chi connectivity index (χ1) is 17.2. The standard InChI is InChI=1S/C26H24FN7O2/c1-26(2,3)18-10-19(15-29-14-18)32-25(35)33-23-5-4-20(11-22(23)27)36-21-6-8-30-24(12-21)17-13-31-34(16-17)9-7-28/h4-6,8,10-16H,9H2,1-3H3,(H2,32,33,35). The molecule has 4 aromatic rings. The molecule has 0 bridgehead atoms. The second-order valence-corrected chi connectivity index (χ2v) is 9.00. The van der Waals surface area contributed by atoms with Crippen LogP contribution in [0.1, 0.15) is 26.3 Å². The fourth-order valence-electron chi connectivity index (χ4n) is 3.29. The molecule has 1 aromatic carbocycles. The summed E-state index contributed by atoms with van der Waals surface area (Å²) in [7, 11) is 0. The van der Waals surface area contributed by atoms with Crippen molar-refractivity contribution in [3.8, 4) is 28.8 Å². The average molecular weight is 486 g/mol. The maximum atomic E-state index is 14.7. The summed E-state index contributed by atoms with van der Waals surface area (Å²) in [5.74, 6) is 0.0336. The molecule has 182 valence electrons. The number of halogens is 1. The van der Waals surface area contributed by atoms with Crippen molar-refractivity contribution in [1.82, 2.24) is 19.7 Å². The Morgan fingerprint density at radius 1 is 1.11 bits per heavy atom. The summed E-state index contributed by atoms with van der Waals surface area (Å²) >= 11 is 0. The SMILES string of the molecule is CC(C)(C)c1cncc(NC(=O)Nc2ccc(Oc3ccnc(-c4cnn(CC#N)c4)c3)cc2F)c1. The molecule has 3 heterocycles. The van der Waals surface area contributed by atoms with Gasteiger partial charge in [-0.05, 0) is 35.2 Å². The molecule has 0 aliphatic carbocycles. The summed E-state index contributed by atoms with van der Waals surface area (Å²) in [5, 5.41) is 18.1. The zero-order chi connectivity index (χ0) is 25.7. The number of aromatic nitrogens is 4. The molecule has 36 heavy (non-hydrogen) atoms. The number of carbonyl (C=O) groups excluding carboxylic acids is 1. The van der Waals surface area contributed by atoms with E-state index < -0.39 is 11.8 Å². The normalized spacial score (nSPS) is 11.0. The fraction of sp³-hybridized carbons (Fsp3) is 0.192. The van der Waals surface area contributed by atoms with Gasteiger partial charge in [-0.25, -0.2) is 9.18 Å². The molecule has 0 spiro atoms. The fourth-order valence-corrected chi connectivity index (χ4v) is 3.29. The van der Waals surface area contributed by atoms with Crippen LogP contribution in [0.4, 0.5) is 20.6 Å². The van der Waals surface area contributed by atoms with Crippen molar-refractivity contribution in [1.29, 1.82) is 5.26 Å². The molecule has 3 aromatic heterocycles. The number of carbonyl (C=O) groups is 1. The Kier molecular flexibility index (Phi) is 6.92. The number of amides is 2. The van der Waals surface area contributed by atoms with Crippen molar-refractivity contribution in [3.05, 3.63) is 78.8 Å². The molecule has 0 aliphatic heterocycles. The summed E-state index contributed by atoms with van der Waals surface area (Å²) in [6.07, 6.45) is 8.14. The van der Waals surface area contributed by atoms with Crippen molar-refractivity contribution in [2.45, 2.75) is 32.7 Å². The second kappa shape index (κ2) is 10.2. The Hall–Kier alpha value is -4.78. The average Bonchev–Trinajstić information content (AvgIpc) is 3.30. The van der Waals surface area contributed by atoms with Gasteiger partial charge in [0.1, 0.15) is 23.9 Å². The molecular formula is C26H24FN7O2. The predicted molar refractivity (Wildman–Crippen MR) is 133 cm³/mol. The van der Waals surface area contributed by atoms with E-state index in [9.17, 15) is 9.18 Å². The van der Waals surface area contributed by atoms with Crippen LogP contribution in [-0.2, 0) is 12.0 Å². The highest BCUT2D eigenvalue weighted by molar-refractivity contribution is 5.99. The first-order valence-electron chi connectivity index (χ1n) is 11.1. The van der Waals surface area contributed by atoms with Gasteiger partial charge >= 0.3 is 6.03 Å². The number of hydrogen-bond donors (Lipinski definition) is 2. The minimum absolute atomic E-state index is 0.000101. The van der Waals surface area contributed by atoms with Crippen LogP contribution in [0.2, 0.25) is 0 Å². The third kappa shape index (κ3) is 6.01. The van der Waals surface area contributed by atoms with E-state index in [4.69, 9.17) is 10.00 Å². The number of nitriles is 1. The third-order valence-electron chi connectivity index (χ3n) is 5.18. The van der Waals surface area contributed by atoms with E-state index in [1.54, 1.807) is 43.0 Å². The van der Waals surface area contributed by atoms with E-state index in [1.807, 2.05) is 32.9 Å². The molecule has 10 heteroatoms. The summed E-state index contributed by atoms with van der Waals surface area (Å²) in [6.45, 7) is 6.27. The number of urea groups is 1. The van der Waals surface area contributed by atoms with Gasteiger partial charge in [-0.1, -0.05) is 20.8 Å². The summed E-state index contributed by atoms with van der Waals surface area (Å²) < 4.78 is 22.0. The second-order valence-electron chi connectivity index (χ2n) is 9.00. The highest BCUT2D eigenvalue weighted by atomic mass is 19.1. The lowest BCUT2D eigenvalue weighted by Gasteiger charge is -2.19. The largest absolute Gasteiger partial charge is 0.457 e. The number of hydrogen-bond acceptors (Lipinski definition) is 6. The van der Waals surface area contributed by atoms with Gasteiger partial charge in [0.25, 0.3) is 0 Å². The van der Waals surface area contributed by atoms with E-state index >= 15 is 0 Å². The highest BCUT2D eigenvalue weighted by Crippen LogP contribution is 2.28. The monoisotopic (exact) mass is 485 g/mol. The maximum absolute atomic E-state index is 14.7. The van der Waals surface area contributed by atoms with E-state index in [0.29, 0.717) is 17.1 Å². The van der Waals surface area contributed by atoms with Crippen LogP contribution in [0, 0.1) is 17.1 Å². The van der Waals surface area contributed by atoms with Crippen molar-refractivity contribution in [2.75, 3.05) is 10.6 Å². The van der Waals surface area contributed by atoms with Gasteiger partial charge in [-0.2, -0.15) is 10.4 Å². The van der Waals surface area contributed by atoms with Crippen LogP contribution in [0.5, 0.6) is 11.5 Å².